The van der Waals surface area contributed by atoms with E-state index in [4.69, 9.17) is 0 Å². The van der Waals surface area contributed by atoms with Crippen molar-refractivity contribution in [2.24, 2.45) is 0 Å². The Morgan fingerprint density at radius 2 is 1.65 bits per heavy atom. The normalized spacial score (nSPS) is 12.2. The first-order valence-electron chi connectivity index (χ1n) is 7.25. The van der Waals surface area contributed by atoms with Gasteiger partial charge in [-0.15, -0.1) is 0 Å². The largest absolute Gasteiger partial charge is 0.388 e. The smallest absolute Gasteiger partial charge is 0.0806 e. The van der Waals surface area contributed by atoms with E-state index in [1.165, 1.54) is 11.3 Å². The topological polar surface area (TPSA) is 23.5 Å². The molecular formula is C18H23NO. The van der Waals surface area contributed by atoms with Gasteiger partial charge in [-0.3, -0.25) is 0 Å². The standard InChI is InChI=1S/C18H23NO/c1-3-19(17-11-9-15(2)10-12-17)14-13-18(20)16-7-5-4-6-8-16/h4-12,18,20H,3,13-14H2,1-2H3. The van der Waals surface area contributed by atoms with Crippen LogP contribution in [0.5, 0.6) is 0 Å². The molecule has 0 saturated heterocycles. The molecule has 0 saturated carbocycles. The van der Waals surface area contributed by atoms with Gasteiger partial charge in [-0.1, -0.05) is 48.0 Å². The van der Waals surface area contributed by atoms with Gasteiger partial charge in [0.05, 0.1) is 6.10 Å². The molecule has 0 radical (unpaired) electrons. The van der Waals surface area contributed by atoms with Crippen LogP contribution in [-0.4, -0.2) is 18.2 Å². The third-order valence-corrected chi connectivity index (χ3v) is 3.64. The molecule has 0 spiro atoms. The minimum atomic E-state index is -0.393. The Balaban J connectivity index is 1.95. The molecule has 0 aliphatic rings. The number of aliphatic hydroxyl groups excluding tert-OH is 1. The second kappa shape index (κ2) is 7.11. The van der Waals surface area contributed by atoms with Crippen molar-refractivity contribution in [2.75, 3.05) is 18.0 Å². The summed E-state index contributed by atoms with van der Waals surface area (Å²) in [5.74, 6) is 0. The van der Waals surface area contributed by atoms with Gasteiger partial charge in [0.2, 0.25) is 0 Å². The summed E-state index contributed by atoms with van der Waals surface area (Å²) in [5.41, 5.74) is 3.49. The average Bonchev–Trinajstić information content (AvgIpc) is 2.50. The van der Waals surface area contributed by atoms with E-state index < -0.39 is 6.10 Å². The molecule has 2 rings (SSSR count). The summed E-state index contributed by atoms with van der Waals surface area (Å²) in [4.78, 5) is 2.30. The molecule has 2 heteroatoms. The van der Waals surface area contributed by atoms with Gasteiger partial charge >= 0.3 is 0 Å². The van der Waals surface area contributed by atoms with Crippen LogP contribution in [0.3, 0.4) is 0 Å². The summed E-state index contributed by atoms with van der Waals surface area (Å²) in [6.07, 6.45) is 0.349. The molecule has 1 atom stereocenters. The van der Waals surface area contributed by atoms with E-state index in [0.29, 0.717) is 0 Å². The van der Waals surface area contributed by atoms with E-state index >= 15 is 0 Å². The highest BCUT2D eigenvalue weighted by atomic mass is 16.3. The molecular weight excluding hydrogens is 246 g/mol. The maximum absolute atomic E-state index is 10.2. The number of hydrogen-bond donors (Lipinski definition) is 1. The zero-order valence-electron chi connectivity index (χ0n) is 12.3. The summed E-state index contributed by atoms with van der Waals surface area (Å²) in [5, 5.41) is 10.2. The van der Waals surface area contributed by atoms with Crippen molar-refractivity contribution < 1.29 is 5.11 Å². The van der Waals surface area contributed by atoms with Crippen LogP contribution < -0.4 is 4.90 Å². The number of nitrogens with zero attached hydrogens (tertiary/aromatic N) is 1. The van der Waals surface area contributed by atoms with Gasteiger partial charge in [0.25, 0.3) is 0 Å². The number of anilines is 1. The first-order chi connectivity index (χ1) is 9.70. The number of benzene rings is 2. The molecule has 20 heavy (non-hydrogen) atoms. The van der Waals surface area contributed by atoms with Crippen molar-refractivity contribution in [3.8, 4) is 0 Å². The van der Waals surface area contributed by atoms with Gasteiger partial charge in [0.1, 0.15) is 0 Å². The lowest BCUT2D eigenvalue weighted by atomic mass is 10.1. The highest BCUT2D eigenvalue weighted by molar-refractivity contribution is 5.47. The first-order valence-corrected chi connectivity index (χ1v) is 7.25. The molecule has 0 amide bonds. The number of aryl methyl sites for hydroxylation is 1. The van der Waals surface area contributed by atoms with Crippen LogP contribution >= 0.6 is 0 Å². The van der Waals surface area contributed by atoms with Crippen molar-refractivity contribution >= 4 is 5.69 Å². The van der Waals surface area contributed by atoms with Crippen molar-refractivity contribution in [1.82, 2.24) is 0 Å². The maximum atomic E-state index is 10.2. The van der Waals surface area contributed by atoms with E-state index in [9.17, 15) is 5.11 Å². The molecule has 2 nitrogen and oxygen atoms in total. The summed E-state index contributed by atoms with van der Waals surface area (Å²) in [6, 6.07) is 18.4. The van der Waals surface area contributed by atoms with Gasteiger partial charge in [-0.2, -0.15) is 0 Å². The Bertz CT molecular complexity index is 507. The molecule has 1 unspecified atom stereocenters. The molecule has 0 aliphatic heterocycles. The number of hydrogen-bond acceptors (Lipinski definition) is 2. The highest BCUT2D eigenvalue weighted by Gasteiger charge is 2.10. The van der Waals surface area contributed by atoms with Gasteiger partial charge < -0.3 is 10.0 Å². The summed E-state index contributed by atoms with van der Waals surface area (Å²) >= 11 is 0. The van der Waals surface area contributed by atoms with E-state index in [1.807, 2.05) is 30.3 Å². The third-order valence-electron chi connectivity index (χ3n) is 3.64. The molecule has 1 N–H and O–H groups in total. The van der Waals surface area contributed by atoms with Gasteiger partial charge in [-0.25, -0.2) is 0 Å². The van der Waals surface area contributed by atoms with Crippen molar-refractivity contribution in [3.63, 3.8) is 0 Å². The lowest BCUT2D eigenvalue weighted by molar-refractivity contribution is 0.169. The van der Waals surface area contributed by atoms with Gasteiger partial charge in [0, 0.05) is 18.8 Å². The predicted octanol–water partition coefficient (Wildman–Crippen LogP) is 3.95. The minimum Gasteiger partial charge on any atom is -0.388 e. The van der Waals surface area contributed by atoms with Crippen LogP contribution in [0.15, 0.2) is 54.6 Å². The van der Waals surface area contributed by atoms with Gasteiger partial charge in [-0.05, 0) is 38.0 Å². The fourth-order valence-corrected chi connectivity index (χ4v) is 2.35. The SMILES string of the molecule is CCN(CCC(O)c1ccccc1)c1ccc(C)cc1. The lowest BCUT2D eigenvalue weighted by Gasteiger charge is -2.24. The number of aliphatic hydroxyl groups is 1. The first kappa shape index (κ1) is 14.6. The van der Waals surface area contributed by atoms with Crippen LogP contribution in [0.2, 0.25) is 0 Å². The average molecular weight is 269 g/mol. The van der Waals surface area contributed by atoms with E-state index in [2.05, 4.69) is 43.0 Å². The molecule has 2 aromatic carbocycles. The second-order valence-corrected chi connectivity index (χ2v) is 5.13. The van der Waals surface area contributed by atoms with Crippen LogP contribution in [0.25, 0.3) is 0 Å². The fourth-order valence-electron chi connectivity index (χ4n) is 2.35. The molecule has 0 aliphatic carbocycles. The highest BCUT2D eigenvalue weighted by Crippen LogP contribution is 2.20. The van der Waals surface area contributed by atoms with Crippen LogP contribution in [-0.2, 0) is 0 Å². The number of rotatable bonds is 6. The van der Waals surface area contributed by atoms with Crippen LogP contribution in [0.1, 0.15) is 30.6 Å². The zero-order valence-corrected chi connectivity index (χ0v) is 12.3. The van der Waals surface area contributed by atoms with Crippen LogP contribution in [0.4, 0.5) is 5.69 Å². The Kier molecular flexibility index (Phi) is 5.19. The summed E-state index contributed by atoms with van der Waals surface area (Å²) in [7, 11) is 0. The van der Waals surface area contributed by atoms with E-state index in [-0.39, 0.29) is 0 Å². The molecule has 0 aromatic heterocycles. The lowest BCUT2D eigenvalue weighted by Crippen LogP contribution is -2.25. The van der Waals surface area contributed by atoms with Crippen molar-refractivity contribution in [1.29, 1.82) is 0 Å². The van der Waals surface area contributed by atoms with Crippen molar-refractivity contribution in [3.05, 3.63) is 65.7 Å². The Labute approximate surface area is 121 Å². The van der Waals surface area contributed by atoms with Crippen LogP contribution in [0, 0.1) is 6.92 Å². The summed E-state index contributed by atoms with van der Waals surface area (Å²) < 4.78 is 0. The van der Waals surface area contributed by atoms with Crippen molar-refractivity contribution in [2.45, 2.75) is 26.4 Å². The van der Waals surface area contributed by atoms with E-state index in [1.54, 1.807) is 0 Å². The minimum absolute atomic E-state index is 0.393. The molecule has 0 fully saturated rings. The predicted molar refractivity (Wildman–Crippen MR) is 85.1 cm³/mol. The third kappa shape index (κ3) is 3.84. The Morgan fingerprint density at radius 1 is 1.00 bits per heavy atom. The molecule has 0 heterocycles. The zero-order chi connectivity index (χ0) is 14.4. The maximum Gasteiger partial charge on any atom is 0.0806 e. The van der Waals surface area contributed by atoms with Gasteiger partial charge in [0.15, 0.2) is 0 Å². The molecule has 2 aromatic rings. The molecule has 0 bridgehead atoms. The Morgan fingerprint density at radius 3 is 2.25 bits per heavy atom. The fraction of sp³-hybridized carbons (Fsp3) is 0.333. The van der Waals surface area contributed by atoms with E-state index in [0.717, 1.165) is 25.1 Å². The monoisotopic (exact) mass is 269 g/mol. The molecule has 106 valence electrons. The Hall–Kier alpha value is -1.80. The summed E-state index contributed by atoms with van der Waals surface area (Å²) in [6.45, 7) is 6.05. The second-order valence-electron chi connectivity index (χ2n) is 5.13. The quantitative estimate of drug-likeness (QED) is 0.858.